The average molecular weight is 780 g/mol. The van der Waals surface area contributed by atoms with Crippen LogP contribution in [0.3, 0.4) is 0 Å². The first kappa shape index (κ1) is 37.3. The summed E-state index contributed by atoms with van der Waals surface area (Å²) >= 11 is 1.10. The van der Waals surface area contributed by atoms with Gasteiger partial charge in [0.25, 0.3) is 11.1 Å². The highest BCUT2D eigenvalue weighted by molar-refractivity contribution is 7.91. The Morgan fingerprint density at radius 3 is 2.53 bits per heavy atom. The van der Waals surface area contributed by atoms with Crippen molar-refractivity contribution in [2.45, 2.75) is 112 Å². The number of rotatable bonds is 7. The Kier molecular flexibility index (Phi) is 9.87. The minimum Gasteiger partial charge on any atom is -0.465 e. The number of fused-ring (bicyclic) bond motifs is 3. The molecule has 2 saturated carbocycles. The number of nitrogens with one attached hydrogen (secondary N) is 3. The number of benzene rings is 2. The molecule has 2 aliphatic carbocycles. The molecule has 1 aromatic heterocycles. The van der Waals surface area contributed by atoms with Crippen molar-refractivity contribution in [3.63, 3.8) is 0 Å². The van der Waals surface area contributed by atoms with Crippen LogP contribution in [0.1, 0.15) is 83.1 Å². The normalized spacial score (nSPS) is 27.8. The van der Waals surface area contributed by atoms with Crippen LogP contribution in [0.2, 0.25) is 0 Å². The fourth-order valence-corrected chi connectivity index (χ4v) is 9.63. The van der Waals surface area contributed by atoms with Gasteiger partial charge in [-0.05, 0) is 81.3 Å². The smallest absolute Gasteiger partial charge is 0.416 e. The van der Waals surface area contributed by atoms with Gasteiger partial charge >= 0.3 is 6.18 Å². The number of carbonyl (C=O) groups is 3. The van der Waals surface area contributed by atoms with Gasteiger partial charge in [-0.2, -0.15) is 13.2 Å². The molecule has 53 heavy (non-hydrogen) atoms. The van der Waals surface area contributed by atoms with Crippen molar-refractivity contribution < 1.29 is 45.1 Å². The van der Waals surface area contributed by atoms with E-state index in [0.717, 1.165) is 49.2 Å². The first-order valence-electron chi connectivity index (χ1n) is 17.9. The van der Waals surface area contributed by atoms with Gasteiger partial charge in [0.05, 0.1) is 27.1 Å². The van der Waals surface area contributed by atoms with Crippen LogP contribution in [0, 0.1) is 11.7 Å². The third-order valence-electron chi connectivity index (χ3n) is 11.0. The lowest BCUT2D eigenvalue weighted by Crippen LogP contribution is -2.58. The van der Waals surface area contributed by atoms with E-state index in [9.17, 15) is 40.4 Å². The van der Waals surface area contributed by atoms with Crippen LogP contribution in [0.5, 0.6) is 5.19 Å². The molecule has 2 aromatic carbocycles. The van der Waals surface area contributed by atoms with Crippen molar-refractivity contribution in [2.75, 3.05) is 11.9 Å². The van der Waals surface area contributed by atoms with Gasteiger partial charge in [0.2, 0.25) is 21.8 Å². The van der Waals surface area contributed by atoms with E-state index in [0.29, 0.717) is 35.9 Å². The van der Waals surface area contributed by atoms with Gasteiger partial charge in [-0.15, -0.1) is 0 Å². The largest absolute Gasteiger partial charge is 0.465 e. The summed E-state index contributed by atoms with van der Waals surface area (Å²) in [6.07, 6.45) is 0.235. The zero-order chi connectivity index (χ0) is 37.8. The van der Waals surface area contributed by atoms with E-state index < -0.39 is 73.8 Å². The van der Waals surface area contributed by atoms with Crippen LogP contribution in [0.4, 0.5) is 23.2 Å². The van der Waals surface area contributed by atoms with Gasteiger partial charge in [-0.25, -0.2) is 17.8 Å². The quantitative estimate of drug-likeness (QED) is 0.252. The molecule has 3 heterocycles. The number of hydrogen-bond acceptors (Lipinski definition) is 9. The maximum atomic E-state index is 14.5. The number of anilines is 1. The Morgan fingerprint density at radius 1 is 1.06 bits per heavy atom. The Morgan fingerprint density at radius 2 is 1.79 bits per heavy atom. The second kappa shape index (κ2) is 14.0. The number of aromatic nitrogens is 1. The minimum absolute atomic E-state index is 0.0170. The van der Waals surface area contributed by atoms with Crippen LogP contribution >= 0.6 is 11.3 Å². The molecule has 286 valence electrons. The first-order chi connectivity index (χ1) is 25.1. The van der Waals surface area contributed by atoms with Crippen molar-refractivity contribution in [2.24, 2.45) is 5.92 Å². The molecule has 0 spiro atoms. The Hall–Kier alpha value is -3.99. The summed E-state index contributed by atoms with van der Waals surface area (Å²) in [5.74, 6) is -2.77. The lowest BCUT2D eigenvalue weighted by Gasteiger charge is -2.30. The average Bonchev–Trinajstić information content (AvgIpc) is 3.91. The van der Waals surface area contributed by atoms with E-state index in [1.165, 1.54) is 35.2 Å². The number of amides is 3. The number of sulfonamides is 1. The topological polar surface area (TPSA) is 147 Å². The Bertz CT molecular complexity index is 2020. The number of halogens is 4. The third-order valence-corrected chi connectivity index (χ3v) is 14.1. The highest BCUT2D eigenvalue weighted by Gasteiger charge is 2.63. The van der Waals surface area contributed by atoms with Crippen molar-refractivity contribution in [1.29, 1.82) is 0 Å². The highest BCUT2D eigenvalue weighted by atomic mass is 32.2. The van der Waals surface area contributed by atoms with Gasteiger partial charge in [-0.3, -0.25) is 19.1 Å². The first-order valence-corrected chi connectivity index (χ1v) is 20.2. The molecule has 3 N–H and O–H groups in total. The van der Waals surface area contributed by atoms with Crippen LogP contribution < -0.4 is 20.1 Å². The van der Waals surface area contributed by atoms with Gasteiger partial charge in [0.1, 0.15) is 29.5 Å². The molecule has 2 saturated heterocycles. The van der Waals surface area contributed by atoms with Crippen LogP contribution in [0.15, 0.2) is 42.5 Å². The number of carbonyl (C=O) groups excluding carboxylic acids is 3. The molecule has 17 heteroatoms. The molecule has 11 nitrogen and oxygen atoms in total. The standard InChI is InChI=1S/C36H41F4N5O6S2/c1-34(14-15-34)53(49,50)44-32(48)35-19-22(35)8-5-3-2-4-6-11-27(41-24-10-7-9-21(16-24)36(38,39)40)31(47)45-20-25(18-28(45)30(46)43-35)51-33-42-26-13-12-23(37)17-29(26)52-33/h7,9-10,12-13,16-17,22,25,27-28,41H,2-6,8,11,14-15,18-20H2,1H3,(H,43,46)(H,44,48)/t22-,25-,27+,28+,35-/m1/s1. The molecule has 0 radical (unpaired) electrons. The van der Waals surface area contributed by atoms with E-state index >= 15 is 0 Å². The zero-order valence-corrected chi connectivity index (χ0v) is 30.6. The zero-order valence-electron chi connectivity index (χ0n) is 29.0. The molecule has 4 aliphatic rings. The second-order valence-electron chi connectivity index (χ2n) is 14.9. The summed E-state index contributed by atoms with van der Waals surface area (Å²) in [6, 6.07) is 6.50. The lowest BCUT2D eigenvalue weighted by molar-refractivity contribution is -0.140. The monoisotopic (exact) mass is 779 g/mol. The molecule has 4 fully saturated rings. The van der Waals surface area contributed by atoms with Crippen LogP contribution in [0.25, 0.3) is 10.2 Å². The maximum Gasteiger partial charge on any atom is 0.416 e. The molecular weight excluding hydrogens is 739 g/mol. The number of thiazole rings is 1. The maximum absolute atomic E-state index is 14.5. The van der Waals surface area contributed by atoms with E-state index in [1.807, 2.05) is 0 Å². The lowest BCUT2D eigenvalue weighted by atomic mass is 10.0. The summed E-state index contributed by atoms with van der Waals surface area (Å²) in [5, 5.41) is 6.05. The molecule has 7 rings (SSSR count). The predicted molar refractivity (Wildman–Crippen MR) is 189 cm³/mol. The predicted octanol–water partition coefficient (Wildman–Crippen LogP) is 5.90. The van der Waals surface area contributed by atoms with Crippen molar-refractivity contribution in [3.05, 3.63) is 53.8 Å². The summed E-state index contributed by atoms with van der Waals surface area (Å²) in [7, 11) is -4.01. The molecule has 3 amide bonds. The summed E-state index contributed by atoms with van der Waals surface area (Å²) in [5.41, 5.74) is -1.78. The Balaban J connectivity index is 1.19. The molecule has 3 aromatic rings. The Labute approximate surface area is 308 Å². The summed E-state index contributed by atoms with van der Waals surface area (Å²) < 4.78 is 88.7. The van der Waals surface area contributed by atoms with Crippen molar-refractivity contribution in [1.82, 2.24) is 19.9 Å². The molecule has 0 bridgehead atoms. The number of nitrogens with zero attached hydrogens (tertiary/aromatic N) is 2. The highest BCUT2D eigenvalue weighted by Crippen LogP contribution is 2.49. The molecular formula is C36H41F4N5O6S2. The minimum atomic E-state index is -4.60. The second-order valence-corrected chi connectivity index (χ2v) is 18.1. The summed E-state index contributed by atoms with van der Waals surface area (Å²) in [6.45, 7) is 1.48. The van der Waals surface area contributed by atoms with Gasteiger partial charge in [-0.1, -0.05) is 49.5 Å². The molecule has 0 unspecified atom stereocenters. The molecule has 2 aliphatic heterocycles. The molecule has 5 atom stereocenters. The van der Waals surface area contributed by atoms with E-state index in [1.54, 1.807) is 6.92 Å². The van der Waals surface area contributed by atoms with Gasteiger partial charge < -0.3 is 20.3 Å². The third kappa shape index (κ3) is 7.82. The number of alkyl halides is 3. The van der Waals surface area contributed by atoms with E-state index in [-0.39, 0.29) is 42.6 Å². The van der Waals surface area contributed by atoms with Crippen molar-refractivity contribution in [3.8, 4) is 5.19 Å². The van der Waals surface area contributed by atoms with Gasteiger partial charge in [0, 0.05) is 12.1 Å². The number of ether oxygens (including phenoxy) is 1. The van der Waals surface area contributed by atoms with E-state index in [4.69, 9.17) is 4.74 Å². The number of hydrogen-bond donors (Lipinski definition) is 3. The fourth-order valence-electron chi connectivity index (χ4n) is 7.41. The van der Waals surface area contributed by atoms with Crippen LogP contribution in [-0.4, -0.2) is 71.0 Å². The van der Waals surface area contributed by atoms with E-state index in [2.05, 4.69) is 20.3 Å². The SMILES string of the molecule is CC1(S(=O)(=O)NC(=O)[C@@]23C[C@H]2CCCCCCC[C@H](Nc2cccc(C(F)(F)F)c2)C(=O)N2C[C@H](Oc4nc5ccc(F)cc5s4)C[C@H]2C(=O)N3)CC1. The van der Waals surface area contributed by atoms with Gasteiger partial charge in [0.15, 0.2) is 0 Å². The van der Waals surface area contributed by atoms with Crippen LogP contribution in [-0.2, 0) is 30.6 Å². The fraction of sp³-hybridized carbons (Fsp3) is 0.556. The van der Waals surface area contributed by atoms with Crippen molar-refractivity contribution >= 4 is 55.0 Å². The summed E-state index contributed by atoms with van der Waals surface area (Å²) in [4.78, 5) is 48.3.